The van der Waals surface area contributed by atoms with Crippen LogP contribution in [0.4, 0.5) is 0 Å². The first-order valence-corrected chi connectivity index (χ1v) is 11.3. The Bertz CT molecular complexity index is 886. The number of rotatable bonds is 7. The molecule has 30 heavy (non-hydrogen) atoms. The highest BCUT2D eigenvalue weighted by Gasteiger charge is 2.43. The van der Waals surface area contributed by atoms with E-state index in [0.29, 0.717) is 23.8 Å². The summed E-state index contributed by atoms with van der Waals surface area (Å²) in [4.78, 5) is 11.3. The van der Waals surface area contributed by atoms with Crippen molar-refractivity contribution in [2.75, 3.05) is 7.11 Å². The highest BCUT2D eigenvalue weighted by Crippen LogP contribution is 2.55. The number of fused-ring (bicyclic) bond motifs is 1. The zero-order valence-corrected chi connectivity index (χ0v) is 19.8. The number of methoxy groups -OCH3 is 1. The summed E-state index contributed by atoms with van der Waals surface area (Å²) in [7, 11) is 1.79. The van der Waals surface area contributed by atoms with Gasteiger partial charge in [-0.15, -0.1) is 0 Å². The van der Waals surface area contributed by atoms with Gasteiger partial charge < -0.3 is 9.84 Å². The van der Waals surface area contributed by atoms with Crippen molar-refractivity contribution in [2.24, 2.45) is 5.92 Å². The molecule has 2 unspecified atom stereocenters. The Morgan fingerprint density at radius 3 is 2.30 bits per heavy atom. The molecule has 0 radical (unpaired) electrons. The smallest absolute Gasteiger partial charge is 0.331 e. The molecule has 2 aliphatic carbocycles. The zero-order chi connectivity index (χ0) is 22.3. The molecular weight excluding hydrogens is 372 g/mol. The largest absolute Gasteiger partial charge is 0.496 e. The van der Waals surface area contributed by atoms with Crippen LogP contribution in [0.15, 0.2) is 35.4 Å². The molecule has 0 bridgehead atoms. The number of allylic oxidation sites excluding steroid dienone is 3. The fourth-order valence-corrected chi connectivity index (χ4v) is 5.09. The molecule has 1 aromatic carbocycles. The molecule has 0 heterocycles. The highest BCUT2D eigenvalue weighted by molar-refractivity contribution is 5.87. The molecule has 1 saturated carbocycles. The highest BCUT2D eigenvalue weighted by atomic mass is 16.5. The number of ether oxygens (including phenoxy) is 1. The molecule has 164 valence electrons. The number of hydrogen-bond acceptors (Lipinski definition) is 2. The molecule has 1 aromatic rings. The maximum Gasteiger partial charge on any atom is 0.331 e. The van der Waals surface area contributed by atoms with E-state index in [0.717, 1.165) is 17.7 Å². The average Bonchev–Trinajstić information content (AvgIpc) is 3.44. The van der Waals surface area contributed by atoms with Crippen molar-refractivity contribution >= 4 is 5.97 Å². The molecule has 0 amide bonds. The third-order valence-electron chi connectivity index (χ3n) is 7.42. The monoisotopic (exact) mass is 410 g/mol. The molecule has 0 spiro atoms. The third-order valence-corrected chi connectivity index (χ3v) is 7.42. The number of aliphatic carboxylic acids is 1. The summed E-state index contributed by atoms with van der Waals surface area (Å²) in [6.45, 7) is 13.2. The topological polar surface area (TPSA) is 46.5 Å². The Hall–Kier alpha value is -2.03. The Balaban J connectivity index is 1.81. The molecule has 0 aliphatic heterocycles. The summed E-state index contributed by atoms with van der Waals surface area (Å²) in [6, 6.07) is 4.75. The lowest BCUT2D eigenvalue weighted by atomic mass is 9.62. The van der Waals surface area contributed by atoms with Crippen LogP contribution in [0.5, 0.6) is 5.75 Å². The lowest BCUT2D eigenvalue weighted by Gasteiger charge is -2.42. The Morgan fingerprint density at radius 1 is 1.17 bits per heavy atom. The van der Waals surface area contributed by atoms with Crippen molar-refractivity contribution < 1.29 is 14.6 Å². The fraction of sp³-hybridized carbons (Fsp3) is 0.593. The zero-order valence-electron chi connectivity index (χ0n) is 19.8. The molecule has 3 rings (SSSR count). The van der Waals surface area contributed by atoms with Gasteiger partial charge in [0.1, 0.15) is 5.75 Å². The molecule has 1 N–H and O–H groups in total. The second kappa shape index (κ2) is 8.24. The summed E-state index contributed by atoms with van der Waals surface area (Å²) in [6.07, 6.45) is 9.25. The van der Waals surface area contributed by atoms with Crippen molar-refractivity contribution in [1.82, 2.24) is 0 Å². The van der Waals surface area contributed by atoms with Gasteiger partial charge in [-0.25, -0.2) is 4.79 Å². The van der Waals surface area contributed by atoms with Crippen LogP contribution in [0.1, 0.15) is 96.3 Å². The van der Waals surface area contributed by atoms with Crippen molar-refractivity contribution in [3.8, 4) is 5.75 Å². The van der Waals surface area contributed by atoms with Gasteiger partial charge in [0.15, 0.2) is 0 Å². The van der Waals surface area contributed by atoms with E-state index in [1.165, 1.54) is 36.0 Å². The van der Waals surface area contributed by atoms with Crippen LogP contribution in [0, 0.1) is 5.92 Å². The van der Waals surface area contributed by atoms with E-state index in [4.69, 9.17) is 4.74 Å². The molecule has 3 nitrogen and oxygen atoms in total. The lowest BCUT2D eigenvalue weighted by molar-refractivity contribution is -0.132. The minimum absolute atomic E-state index is 0.188. The molecule has 1 fully saturated rings. The van der Waals surface area contributed by atoms with E-state index in [1.54, 1.807) is 7.11 Å². The molecule has 0 saturated heterocycles. The number of benzene rings is 1. The predicted molar refractivity (Wildman–Crippen MR) is 124 cm³/mol. The number of carboxylic acids is 1. The van der Waals surface area contributed by atoms with E-state index in [2.05, 4.69) is 45.9 Å². The molecule has 3 heteroatoms. The van der Waals surface area contributed by atoms with Crippen LogP contribution >= 0.6 is 0 Å². The summed E-state index contributed by atoms with van der Waals surface area (Å²) in [5.74, 6) is 1.36. The van der Waals surface area contributed by atoms with Gasteiger partial charge >= 0.3 is 5.97 Å². The Morgan fingerprint density at radius 2 is 1.77 bits per heavy atom. The van der Waals surface area contributed by atoms with Crippen molar-refractivity contribution in [1.29, 1.82) is 0 Å². The summed E-state index contributed by atoms with van der Waals surface area (Å²) in [5.41, 5.74) is 6.03. The molecular formula is C27H38O3. The van der Waals surface area contributed by atoms with Crippen molar-refractivity contribution in [2.45, 2.75) is 90.4 Å². The second-order valence-corrected chi connectivity index (χ2v) is 10.5. The van der Waals surface area contributed by atoms with Gasteiger partial charge in [-0.2, -0.15) is 0 Å². The van der Waals surface area contributed by atoms with Crippen LogP contribution in [0.2, 0.25) is 0 Å². The summed E-state index contributed by atoms with van der Waals surface area (Å²) < 4.78 is 5.85. The quantitative estimate of drug-likeness (QED) is 0.392. The fourth-order valence-electron chi connectivity index (χ4n) is 5.09. The molecule has 2 aliphatic rings. The second-order valence-electron chi connectivity index (χ2n) is 10.5. The SMILES string of the molecule is CCC(C(=O)O)=C(C)C=CCC1CC1c1cc2c(cc1OC)C(C)(C)CCC2(C)C. The van der Waals surface area contributed by atoms with E-state index in [9.17, 15) is 9.90 Å². The minimum Gasteiger partial charge on any atom is -0.496 e. The van der Waals surface area contributed by atoms with Gasteiger partial charge in [0.2, 0.25) is 0 Å². The van der Waals surface area contributed by atoms with Gasteiger partial charge in [0.25, 0.3) is 0 Å². The Kier molecular flexibility index (Phi) is 6.23. The lowest BCUT2D eigenvalue weighted by Crippen LogP contribution is -2.34. The molecule has 0 aromatic heterocycles. The van der Waals surface area contributed by atoms with E-state index >= 15 is 0 Å². The number of carboxylic acid groups (broad SMARTS) is 1. The summed E-state index contributed by atoms with van der Waals surface area (Å²) in [5, 5.41) is 9.28. The van der Waals surface area contributed by atoms with Crippen LogP contribution in [-0.2, 0) is 15.6 Å². The maximum absolute atomic E-state index is 11.3. The van der Waals surface area contributed by atoms with Crippen LogP contribution in [-0.4, -0.2) is 18.2 Å². The van der Waals surface area contributed by atoms with Crippen molar-refractivity contribution in [3.05, 3.63) is 52.1 Å². The van der Waals surface area contributed by atoms with Gasteiger partial charge in [-0.3, -0.25) is 0 Å². The number of hydrogen-bond donors (Lipinski definition) is 1. The van der Waals surface area contributed by atoms with Gasteiger partial charge in [0.05, 0.1) is 7.11 Å². The molecule has 2 atom stereocenters. The van der Waals surface area contributed by atoms with Gasteiger partial charge in [-0.05, 0) is 90.0 Å². The van der Waals surface area contributed by atoms with Crippen molar-refractivity contribution in [3.63, 3.8) is 0 Å². The van der Waals surface area contributed by atoms with E-state index < -0.39 is 5.97 Å². The Labute approximate surface area is 182 Å². The third kappa shape index (κ3) is 4.36. The predicted octanol–water partition coefficient (Wildman–Crippen LogP) is 6.91. The van der Waals surface area contributed by atoms with Gasteiger partial charge in [-0.1, -0.05) is 52.8 Å². The van der Waals surface area contributed by atoms with E-state index in [-0.39, 0.29) is 10.8 Å². The first-order chi connectivity index (χ1) is 14.0. The standard InChI is InChI=1S/C27H38O3/c1-8-19(25(28)29)17(2)10-9-11-18-14-20(18)21-15-22-23(16-24(21)30-7)27(5,6)13-12-26(22,3)4/h9-10,15-16,18,20H,8,11-14H2,1-7H3,(H,28,29). The number of carbonyl (C=O) groups is 1. The summed E-state index contributed by atoms with van der Waals surface area (Å²) >= 11 is 0. The normalized spacial score (nSPS) is 24.9. The van der Waals surface area contributed by atoms with Crippen LogP contribution < -0.4 is 4.74 Å². The minimum atomic E-state index is -0.812. The maximum atomic E-state index is 11.3. The van der Waals surface area contributed by atoms with Crippen LogP contribution in [0.3, 0.4) is 0 Å². The first kappa shape index (κ1) is 22.7. The van der Waals surface area contributed by atoms with Crippen LogP contribution in [0.25, 0.3) is 0 Å². The first-order valence-electron chi connectivity index (χ1n) is 11.3. The average molecular weight is 411 g/mol. The van der Waals surface area contributed by atoms with Gasteiger partial charge in [0, 0.05) is 5.57 Å². The van der Waals surface area contributed by atoms with E-state index in [1.807, 2.05) is 19.9 Å².